The molecule has 0 radical (unpaired) electrons. The van der Waals surface area contributed by atoms with Gasteiger partial charge in [0, 0.05) is 5.56 Å². The van der Waals surface area contributed by atoms with E-state index in [-0.39, 0.29) is 6.61 Å². The number of carbonyl (C=O) groups is 1. The average Bonchev–Trinajstić information content (AvgIpc) is 2.34. The zero-order valence-corrected chi connectivity index (χ0v) is 9.09. The van der Waals surface area contributed by atoms with E-state index >= 15 is 0 Å². The Hall–Kier alpha value is -1.23. The van der Waals surface area contributed by atoms with E-state index in [1.165, 1.54) is 0 Å². The zero-order chi connectivity index (χ0) is 11.6. The minimum atomic E-state index is 0.0349. The number of carbonyl (C=O) groups excluding carboxylic acids is 1. The maximum Gasteiger partial charge on any atom is 0.150 e. The normalized spacial score (nSPS) is 10.3. The molecule has 0 aliphatic heterocycles. The molecule has 88 valence electrons. The fourth-order valence-electron chi connectivity index (χ4n) is 1.17. The largest absolute Gasteiger partial charge is 0.394 e. The van der Waals surface area contributed by atoms with Crippen LogP contribution < -0.4 is 0 Å². The third-order valence-electron chi connectivity index (χ3n) is 1.99. The molecule has 16 heavy (non-hydrogen) atoms. The summed E-state index contributed by atoms with van der Waals surface area (Å²) in [6.07, 6.45) is 0.813. The lowest BCUT2D eigenvalue weighted by molar-refractivity contribution is 0.0274. The van der Waals surface area contributed by atoms with Gasteiger partial charge in [-0.05, 0) is 5.56 Å². The first-order chi connectivity index (χ1) is 7.86. The van der Waals surface area contributed by atoms with E-state index in [4.69, 9.17) is 14.6 Å². The van der Waals surface area contributed by atoms with E-state index < -0.39 is 0 Å². The van der Waals surface area contributed by atoms with Crippen molar-refractivity contribution in [3.05, 3.63) is 35.4 Å². The summed E-state index contributed by atoms with van der Waals surface area (Å²) in [5.41, 5.74) is 1.68. The van der Waals surface area contributed by atoms with Crippen LogP contribution in [0, 0.1) is 0 Å². The van der Waals surface area contributed by atoms with Crippen molar-refractivity contribution in [3.63, 3.8) is 0 Å². The van der Waals surface area contributed by atoms with Crippen LogP contribution in [-0.4, -0.2) is 37.8 Å². The van der Waals surface area contributed by atoms with Crippen molar-refractivity contribution >= 4 is 6.29 Å². The summed E-state index contributed by atoms with van der Waals surface area (Å²) >= 11 is 0. The number of rotatable bonds is 8. The molecule has 0 unspecified atom stereocenters. The molecule has 0 saturated carbocycles. The number of hydrogen-bond acceptors (Lipinski definition) is 4. The monoisotopic (exact) mass is 224 g/mol. The van der Waals surface area contributed by atoms with E-state index in [1.54, 1.807) is 12.1 Å². The molecule has 0 aromatic heterocycles. The molecule has 0 saturated heterocycles. The Bertz CT molecular complexity index is 294. The number of aliphatic hydroxyl groups excluding tert-OH is 1. The quantitative estimate of drug-likeness (QED) is 0.529. The van der Waals surface area contributed by atoms with Crippen molar-refractivity contribution in [1.29, 1.82) is 0 Å². The minimum absolute atomic E-state index is 0.0349. The number of ether oxygens (including phenoxy) is 2. The van der Waals surface area contributed by atoms with E-state index in [0.29, 0.717) is 32.0 Å². The second kappa shape index (κ2) is 7.98. The summed E-state index contributed by atoms with van der Waals surface area (Å²) in [6, 6.07) is 7.23. The lowest BCUT2D eigenvalue weighted by Gasteiger charge is -2.05. The predicted octanol–water partition coefficient (Wildman–Crippen LogP) is 1.02. The summed E-state index contributed by atoms with van der Waals surface area (Å²) in [7, 11) is 0. The van der Waals surface area contributed by atoms with Crippen LogP contribution in [0.2, 0.25) is 0 Å². The van der Waals surface area contributed by atoms with Crippen molar-refractivity contribution in [1.82, 2.24) is 0 Å². The van der Waals surface area contributed by atoms with Gasteiger partial charge in [-0.25, -0.2) is 0 Å². The van der Waals surface area contributed by atoms with Gasteiger partial charge in [-0.2, -0.15) is 0 Å². The van der Waals surface area contributed by atoms with Gasteiger partial charge in [0.15, 0.2) is 0 Å². The van der Waals surface area contributed by atoms with Gasteiger partial charge < -0.3 is 14.6 Å². The number of aliphatic hydroxyl groups is 1. The molecule has 0 aliphatic rings. The van der Waals surface area contributed by atoms with Crippen LogP contribution in [0.3, 0.4) is 0 Å². The van der Waals surface area contributed by atoms with Crippen molar-refractivity contribution in [2.24, 2.45) is 0 Å². The Morgan fingerprint density at radius 2 is 1.75 bits per heavy atom. The van der Waals surface area contributed by atoms with Crippen LogP contribution in [0.15, 0.2) is 24.3 Å². The highest BCUT2D eigenvalue weighted by Crippen LogP contribution is 2.03. The second-order valence-corrected chi connectivity index (χ2v) is 3.25. The fraction of sp³-hybridized carbons (Fsp3) is 0.417. The molecular formula is C12H16O4. The van der Waals surface area contributed by atoms with Crippen LogP contribution >= 0.6 is 0 Å². The first-order valence-corrected chi connectivity index (χ1v) is 5.17. The van der Waals surface area contributed by atoms with Crippen molar-refractivity contribution < 1.29 is 19.4 Å². The summed E-state index contributed by atoms with van der Waals surface area (Å²) in [4.78, 5) is 10.4. The van der Waals surface area contributed by atoms with Gasteiger partial charge >= 0.3 is 0 Å². The van der Waals surface area contributed by atoms with Gasteiger partial charge in [0.05, 0.1) is 33.0 Å². The van der Waals surface area contributed by atoms with Gasteiger partial charge in [0.1, 0.15) is 6.29 Å². The lowest BCUT2D eigenvalue weighted by Crippen LogP contribution is -2.07. The Morgan fingerprint density at radius 3 is 2.38 bits per heavy atom. The van der Waals surface area contributed by atoms with E-state index in [9.17, 15) is 4.79 Å². The SMILES string of the molecule is O=Cc1ccc(COCCOCCO)cc1. The average molecular weight is 224 g/mol. The third kappa shape index (κ3) is 5.02. The van der Waals surface area contributed by atoms with Crippen LogP contribution in [-0.2, 0) is 16.1 Å². The van der Waals surface area contributed by atoms with Crippen molar-refractivity contribution in [2.45, 2.75) is 6.61 Å². The molecule has 0 atom stereocenters. The first-order valence-electron chi connectivity index (χ1n) is 5.17. The molecule has 4 heteroatoms. The van der Waals surface area contributed by atoms with Crippen molar-refractivity contribution in [2.75, 3.05) is 26.4 Å². The number of hydrogen-bond donors (Lipinski definition) is 1. The van der Waals surface area contributed by atoms with Crippen LogP contribution in [0.1, 0.15) is 15.9 Å². The smallest absolute Gasteiger partial charge is 0.150 e. The van der Waals surface area contributed by atoms with E-state index in [1.807, 2.05) is 12.1 Å². The molecule has 1 rings (SSSR count). The lowest BCUT2D eigenvalue weighted by atomic mass is 10.2. The van der Waals surface area contributed by atoms with Gasteiger partial charge in [-0.1, -0.05) is 24.3 Å². The Labute approximate surface area is 94.8 Å². The molecule has 0 aliphatic carbocycles. The van der Waals surface area contributed by atoms with Gasteiger partial charge in [-0.3, -0.25) is 4.79 Å². The molecule has 4 nitrogen and oxygen atoms in total. The Kier molecular flexibility index (Phi) is 6.41. The topological polar surface area (TPSA) is 55.8 Å². The molecule has 0 amide bonds. The molecular weight excluding hydrogens is 208 g/mol. The minimum Gasteiger partial charge on any atom is -0.394 e. The standard InChI is InChI=1S/C12H16O4/c13-5-6-15-7-8-16-10-12-3-1-11(9-14)2-4-12/h1-4,9,13H,5-8,10H2. The Balaban J connectivity index is 2.14. The predicted molar refractivity (Wildman–Crippen MR) is 59.4 cm³/mol. The molecule has 1 aromatic rings. The van der Waals surface area contributed by atoms with E-state index in [0.717, 1.165) is 11.8 Å². The van der Waals surface area contributed by atoms with Crippen LogP contribution in [0.5, 0.6) is 0 Å². The summed E-state index contributed by atoms with van der Waals surface area (Å²) < 4.78 is 10.4. The van der Waals surface area contributed by atoms with E-state index in [2.05, 4.69) is 0 Å². The zero-order valence-electron chi connectivity index (χ0n) is 9.09. The van der Waals surface area contributed by atoms with Gasteiger partial charge in [-0.15, -0.1) is 0 Å². The highest BCUT2D eigenvalue weighted by molar-refractivity contribution is 5.74. The second-order valence-electron chi connectivity index (χ2n) is 3.25. The van der Waals surface area contributed by atoms with Gasteiger partial charge in [0.2, 0.25) is 0 Å². The molecule has 1 N–H and O–H groups in total. The Morgan fingerprint density at radius 1 is 1.06 bits per heavy atom. The third-order valence-corrected chi connectivity index (χ3v) is 1.99. The molecule has 0 heterocycles. The molecule has 0 spiro atoms. The summed E-state index contributed by atoms with van der Waals surface area (Å²) in [5, 5.41) is 8.46. The maximum atomic E-state index is 10.4. The molecule has 0 bridgehead atoms. The van der Waals surface area contributed by atoms with Gasteiger partial charge in [0.25, 0.3) is 0 Å². The first kappa shape index (κ1) is 12.8. The molecule has 0 fully saturated rings. The highest BCUT2D eigenvalue weighted by Gasteiger charge is 1.94. The number of benzene rings is 1. The highest BCUT2D eigenvalue weighted by atomic mass is 16.5. The summed E-state index contributed by atoms with van der Waals surface area (Å²) in [5.74, 6) is 0. The van der Waals surface area contributed by atoms with Crippen LogP contribution in [0.4, 0.5) is 0 Å². The number of aldehydes is 1. The van der Waals surface area contributed by atoms with Crippen molar-refractivity contribution in [3.8, 4) is 0 Å². The summed E-state index contributed by atoms with van der Waals surface area (Å²) in [6.45, 7) is 1.86. The van der Waals surface area contributed by atoms with Crippen LogP contribution in [0.25, 0.3) is 0 Å². The maximum absolute atomic E-state index is 10.4. The molecule has 1 aromatic carbocycles. The fourth-order valence-corrected chi connectivity index (χ4v) is 1.17.